The molecule has 1 amide bonds. The minimum absolute atomic E-state index is 0.165. The van der Waals surface area contributed by atoms with Gasteiger partial charge in [-0.1, -0.05) is 12.1 Å². The Labute approximate surface area is 93.6 Å². The van der Waals surface area contributed by atoms with Crippen LogP contribution in [0, 0.1) is 0 Å². The van der Waals surface area contributed by atoms with E-state index >= 15 is 0 Å². The predicted octanol–water partition coefficient (Wildman–Crippen LogP) is 1.99. The number of carbonyl (C=O) groups excluding carboxylic acids is 1. The molecular formula is C11H7NO3S. The Kier molecular flexibility index (Phi) is 1.86. The molecule has 2 aromatic rings. The third kappa shape index (κ3) is 1.12. The van der Waals surface area contributed by atoms with E-state index in [1.165, 1.54) is 0 Å². The predicted molar refractivity (Wildman–Crippen MR) is 60.9 cm³/mol. The number of carbonyl (C=O) groups is 1. The molecule has 16 heavy (non-hydrogen) atoms. The second-order valence-electron chi connectivity index (χ2n) is 3.54. The lowest BCUT2D eigenvalue weighted by atomic mass is 10.1. The zero-order valence-corrected chi connectivity index (χ0v) is 8.88. The van der Waals surface area contributed by atoms with Crippen LogP contribution < -0.4 is 5.32 Å². The third-order valence-electron chi connectivity index (χ3n) is 2.68. The highest BCUT2D eigenvalue weighted by Crippen LogP contribution is 2.35. The summed E-state index contributed by atoms with van der Waals surface area (Å²) in [6.07, 6.45) is 0. The van der Waals surface area contributed by atoms with E-state index in [1.807, 2.05) is 0 Å². The van der Waals surface area contributed by atoms with Crippen LogP contribution in [-0.2, 0) is 11.1 Å². The molecule has 1 aliphatic rings. The summed E-state index contributed by atoms with van der Waals surface area (Å²) in [7, 11) is 0. The SMILES string of the molecule is O=C1Nc2ccc(S(=O)O)c3cccc1c23. The lowest BCUT2D eigenvalue weighted by Gasteiger charge is -2.03. The van der Waals surface area contributed by atoms with Crippen molar-refractivity contribution in [2.75, 3.05) is 5.32 Å². The Hall–Kier alpha value is -1.72. The van der Waals surface area contributed by atoms with Crippen LogP contribution in [0.15, 0.2) is 35.2 Å². The molecule has 2 aromatic carbocycles. The van der Waals surface area contributed by atoms with Crippen molar-refractivity contribution in [3.8, 4) is 0 Å². The molecule has 0 spiro atoms. The summed E-state index contributed by atoms with van der Waals surface area (Å²) < 4.78 is 20.3. The van der Waals surface area contributed by atoms with Crippen molar-refractivity contribution in [1.82, 2.24) is 0 Å². The molecule has 3 rings (SSSR count). The first kappa shape index (κ1) is 9.50. The molecule has 4 nitrogen and oxygen atoms in total. The van der Waals surface area contributed by atoms with E-state index < -0.39 is 11.1 Å². The molecule has 2 N–H and O–H groups in total. The molecule has 1 atom stereocenters. The quantitative estimate of drug-likeness (QED) is 0.740. The minimum Gasteiger partial charge on any atom is -0.321 e. The number of hydrogen-bond acceptors (Lipinski definition) is 2. The highest BCUT2D eigenvalue weighted by Gasteiger charge is 2.22. The fourth-order valence-electron chi connectivity index (χ4n) is 2.02. The van der Waals surface area contributed by atoms with Gasteiger partial charge in [0.25, 0.3) is 5.91 Å². The smallest absolute Gasteiger partial charge is 0.256 e. The summed E-state index contributed by atoms with van der Waals surface area (Å²) in [5, 5.41) is 4.09. The van der Waals surface area contributed by atoms with Gasteiger partial charge >= 0.3 is 0 Å². The number of amides is 1. The van der Waals surface area contributed by atoms with Crippen molar-refractivity contribution >= 4 is 33.4 Å². The Morgan fingerprint density at radius 3 is 2.75 bits per heavy atom. The lowest BCUT2D eigenvalue weighted by Crippen LogP contribution is -2.03. The topological polar surface area (TPSA) is 66.4 Å². The van der Waals surface area contributed by atoms with Gasteiger partial charge in [-0.3, -0.25) is 4.79 Å². The van der Waals surface area contributed by atoms with Gasteiger partial charge in [0.1, 0.15) is 0 Å². The third-order valence-corrected chi connectivity index (χ3v) is 3.41. The van der Waals surface area contributed by atoms with Crippen molar-refractivity contribution in [3.05, 3.63) is 35.9 Å². The molecule has 0 fully saturated rings. The fraction of sp³-hybridized carbons (Fsp3) is 0. The van der Waals surface area contributed by atoms with Crippen molar-refractivity contribution in [2.24, 2.45) is 0 Å². The Bertz CT molecular complexity index is 651. The summed E-state index contributed by atoms with van der Waals surface area (Å²) in [6, 6.07) is 8.37. The molecular weight excluding hydrogens is 226 g/mol. The summed E-state index contributed by atoms with van der Waals surface area (Å²) >= 11 is -2.04. The Balaban J connectivity index is 2.50. The van der Waals surface area contributed by atoms with Gasteiger partial charge in [-0.15, -0.1) is 0 Å². The van der Waals surface area contributed by atoms with Gasteiger partial charge in [-0.05, 0) is 18.2 Å². The first-order valence-corrected chi connectivity index (χ1v) is 5.77. The summed E-state index contributed by atoms with van der Waals surface area (Å²) in [5.74, 6) is -0.165. The second-order valence-corrected chi connectivity index (χ2v) is 4.48. The summed E-state index contributed by atoms with van der Waals surface area (Å²) in [5.41, 5.74) is 1.25. The van der Waals surface area contributed by atoms with Crippen LogP contribution in [0.2, 0.25) is 0 Å². The van der Waals surface area contributed by atoms with E-state index in [0.29, 0.717) is 21.5 Å². The standard InChI is InChI=1S/C11H7NO3S/c13-11-7-3-1-2-6-9(16(14)15)5-4-8(12-11)10(6)7/h1-5H,(H,12,13)(H,14,15). The highest BCUT2D eigenvalue weighted by atomic mass is 32.2. The van der Waals surface area contributed by atoms with Gasteiger partial charge in [0.15, 0.2) is 11.1 Å². The van der Waals surface area contributed by atoms with Gasteiger partial charge in [-0.2, -0.15) is 0 Å². The van der Waals surface area contributed by atoms with Crippen LogP contribution in [0.1, 0.15) is 10.4 Å². The number of anilines is 1. The van der Waals surface area contributed by atoms with Crippen molar-refractivity contribution in [3.63, 3.8) is 0 Å². The molecule has 0 bridgehead atoms. The van der Waals surface area contributed by atoms with Crippen LogP contribution in [0.25, 0.3) is 10.8 Å². The van der Waals surface area contributed by atoms with Crippen molar-refractivity contribution < 1.29 is 13.6 Å². The van der Waals surface area contributed by atoms with E-state index in [2.05, 4.69) is 5.32 Å². The Morgan fingerprint density at radius 2 is 2.00 bits per heavy atom. The van der Waals surface area contributed by atoms with E-state index in [1.54, 1.807) is 30.3 Å². The number of benzene rings is 2. The second kappa shape index (κ2) is 3.13. The van der Waals surface area contributed by atoms with Crippen molar-refractivity contribution in [1.29, 1.82) is 0 Å². The molecule has 0 saturated carbocycles. The van der Waals surface area contributed by atoms with Crippen LogP contribution in [0.4, 0.5) is 5.69 Å². The van der Waals surface area contributed by atoms with E-state index in [0.717, 1.165) is 5.39 Å². The molecule has 1 heterocycles. The van der Waals surface area contributed by atoms with Gasteiger partial charge in [0.05, 0.1) is 4.90 Å². The zero-order valence-electron chi connectivity index (χ0n) is 8.06. The summed E-state index contributed by atoms with van der Waals surface area (Å²) in [6.45, 7) is 0. The van der Waals surface area contributed by atoms with Crippen LogP contribution in [0.3, 0.4) is 0 Å². The molecule has 5 heteroatoms. The van der Waals surface area contributed by atoms with E-state index in [4.69, 9.17) is 4.55 Å². The summed E-state index contributed by atoms with van der Waals surface area (Å²) in [4.78, 5) is 11.9. The average molecular weight is 233 g/mol. The minimum atomic E-state index is -2.04. The van der Waals surface area contributed by atoms with Crippen LogP contribution in [0.5, 0.6) is 0 Å². The van der Waals surface area contributed by atoms with Crippen molar-refractivity contribution in [2.45, 2.75) is 4.90 Å². The number of nitrogens with one attached hydrogen (secondary N) is 1. The average Bonchev–Trinajstić information content (AvgIpc) is 2.58. The molecule has 80 valence electrons. The maximum Gasteiger partial charge on any atom is 0.256 e. The largest absolute Gasteiger partial charge is 0.321 e. The van der Waals surface area contributed by atoms with Crippen LogP contribution in [-0.4, -0.2) is 14.7 Å². The number of hydrogen-bond donors (Lipinski definition) is 2. The molecule has 0 aromatic heterocycles. The lowest BCUT2D eigenvalue weighted by molar-refractivity contribution is 0.103. The maximum absolute atomic E-state index is 11.6. The first-order valence-electron chi connectivity index (χ1n) is 4.66. The molecule has 0 radical (unpaired) electrons. The molecule has 0 aliphatic carbocycles. The highest BCUT2D eigenvalue weighted by molar-refractivity contribution is 7.79. The van der Waals surface area contributed by atoms with Gasteiger partial charge in [-0.25, -0.2) is 4.21 Å². The van der Waals surface area contributed by atoms with Gasteiger partial charge < -0.3 is 9.87 Å². The van der Waals surface area contributed by atoms with Gasteiger partial charge in [0.2, 0.25) is 0 Å². The first-order chi connectivity index (χ1) is 7.68. The van der Waals surface area contributed by atoms with Crippen LogP contribution >= 0.6 is 0 Å². The molecule has 1 unspecified atom stereocenters. The van der Waals surface area contributed by atoms with E-state index in [9.17, 15) is 9.00 Å². The normalized spacial score (nSPS) is 15.2. The number of rotatable bonds is 1. The molecule has 1 aliphatic heterocycles. The Morgan fingerprint density at radius 1 is 1.19 bits per heavy atom. The monoisotopic (exact) mass is 233 g/mol. The maximum atomic E-state index is 11.6. The zero-order chi connectivity index (χ0) is 11.3. The fourth-order valence-corrected chi connectivity index (χ4v) is 2.56. The molecule has 0 saturated heterocycles. The van der Waals surface area contributed by atoms with Gasteiger partial charge in [0, 0.05) is 22.0 Å². The van der Waals surface area contributed by atoms with E-state index in [-0.39, 0.29) is 5.91 Å².